The maximum Gasteiger partial charge on any atom is 0.241 e. The van der Waals surface area contributed by atoms with Crippen LogP contribution in [0, 0.1) is 12.8 Å². The molecule has 1 aliphatic carbocycles. The molecule has 0 spiro atoms. The van der Waals surface area contributed by atoms with E-state index in [1.165, 1.54) is 11.1 Å². The van der Waals surface area contributed by atoms with Crippen molar-refractivity contribution in [3.05, 3.63) is 29.3 Å². The van der Waals surface area contributed by atoms with E-state index in [1.807, 2.05) is 4.90 Å². The van der Waals surface area contributed by atoms with E-state index in [9.17, 15) is 9.90 Å². The number of carbonyl (C=O) groups is 1. The summed E-state index contributed by atoms with van der Waals surface area (Å²) in [4.78, 5) is 17.3. The van der Waals surface area contributed by atoms with Gasteiger partial charge < -0.3 is 14.7 Å². The maximum absolute atomic E-state index is 13.0. The molecule has 5 nitrogen and oxygen atoms in total. The lowest BCUT2D eigenvalue weighted by Crippen LogP contribution is -2.53. The molecular formula is C20H28N2O3. The molecule has 1 saturated heterocycles. The summed E-state index contributed by atoms with van der Waals surface area (Å²) in [6.07, 6.45) is 4.11. The molecule has 0 bridgehead atoms. The number of anilines is 1. The molecule has 1 N–H and O–H groups in total. The second-order valence-electron chi connectivity index (χ2n) is 7.75. The van der Waals surface area contributed by atoms with Crippen LogP contribution in [0.1, 0.15) is 30.4 Å². The molecule has 3 aliphatic rings. The van der Waals surface area contributed by atoms with Gasteiger partial charge in [0, 0.05) is 31.4 Å². The van der Waals surface area contributed by atoms with Gasteiger partial charge in [0.1, 0.15) is 0 Å². The summed E-state index contributed by atoms with van der Waals surface area (Å²) < 4.78 is 5.88. The van der Waals surface area contributed by atoms with Crippen LogP contribution in [0.15, 0.2) is 18.2 Å². The van der Waals surface area contributed by atoms with Crippen LogP contribution < -0.4 is 4.90 Å². The first kappa shape index (κ1) is 17.0. The molecule has 1 amide bonds. The fraction of sp³-hybridized carbons (Fsp3) is 0.650. The molecule has 0 unspecified atom stereocenters. The SMILES string of the molecule is Cc1ccc2c(c1)CCCN2C(=O)CN1CCO[C@H]2C[C@H](CO)C[C@@H]21. The maximum atomic E-state index is 13.0. The number of aliphatic hydroxyl groups is 1. The number of ether oxygens (including phenoxy) is 1. The normalized spacial score (nSPS) is 29.4. The van der Waals surface area contributed by atoms with Crippen molar-refractivity contribution in [3.63, 3.8) is 0 Å². The highest BCUT2D eigenvalue weighted by molar-refractivity contribution is 5.96. The highest BCUT2D eigenvalue weighted by Crippen LogP contribution is 2.34. The van der Waals surface area contributed by atoms with Crippen molar-refractivity contribution in [3.8, 4) is 0 Å². The number of carbonyl (C=O) groups excluding carboxylic acids is 1. The number of nitrogens with zero attached hydrogens (tertiary/aromatic N) is 2. The van der Waals surface area contributed by atoms with Crippen LogP contribution in [0.3, 0.4) is 0 Å². The van der Waals surface area contributed by atoms with E-state index in [0.717, 1.165) is 44.5 Å². The average molecular weight is 344 g/mol. The summed E-state index contributed by atoms with van der Waals surface area (Å²) in [5, 5.41) is 9.47. The fourth-order valence-corrected chi connectivity index (χ4v) is 4.72. The number of hydrogen-bond donors (Lipinski definition) is 1. The second-order valence-corrected chi connectivity index (χ2v) is 7.75. The number of aliphatic hydroxyl groups excluding tert-OH is 1. The first-order valence-electron chi connectivity index (χ1n) is 9.52. The molecule has 2 heterocycles. The minimum Gasteiger partial charge on any atom is -0.396 e. The van der Waals surface area contributed by atoms with E-state index in [0.29, 0.717) is 19.1 Å². The lowest BCUT2D eigenvalue weighted by atomic mass is 9.99. The highest BCUT2D eigenvalue weighted by Gasteiger charge is 2.41. The van der Waals surface area contributed by atoms with Gasteiger partial charge in [-0.05, 0) is 50.2 Å². The van der Waals surface area contributed by atoms with Crippen LogP contribution in [0.2, 0.25) is 0 Å². The van der Waals surface area contributed by atoms with Crippen LogP contribution in [-0.4, -0.2) is 60.9 Å². The van der Waals surface area contributed by atoms with Crippen molar-refractivity contribution in [2.24, 2.45) is 5.92 Å². The summed E-state index contributed by atoms with van der Waals surface area (Å²) in [6, 6.07) is 6.68. The van der Waals surface area contributed by atoms with Crippen LogP contribution in [0.4, 0.5) is 5.69 Å². The molecule has 2 aliphatic heterocycles. The largest absolute Gasteiger partial charge is 0.396 e. The third kappa shape index (κ3) is 3.33. The van der Waals surface area contributed by atoms with E-state index < -0.39 is 0 Å². The summed E-state index contributed by atoms with van der Waals surface area (Å²) in [7, 11) is 0. The second kappa shape index (κ2) is 7.06. The molecule has 2 fully saturated rings. The minimum atomic E-state index is 0.176. The molecular weight excluding hydrogens is 316 g/mol. The molecule has 1 saturated carbocycles. The summed E-state index contributed by atoms with van der Waals surface area (Å²) >= 11 is 0. The average Bonchev–Trinajstić information content (AvgIpc) is 3.05. The van der Waals surface area contributed by atoms with Crippen LogP contribution in [-0.2, 0) is 16.0 Å². The number of aryl methyl sites for hydroxylation is 2. The Hall–Kier alpha value is -1.43. The minimum absolute atomic E-state index is 0.176. The van der Waals surface area contributed by atoms with Gasteiger partial charge in [-0.15, -0.1) is 0 Å². The highest BCUT2D eigenvalue weighted by atomic mass is 16.5. The Labute approximate surface area is 149 Å². The fourth-order valence-electron chi connectivity index (χ4n) is 4.72. The van der Waals surface area contributed by atoms with Crippen molar-refractivity contribution < 1.29 is 14.6 Å². The molecule has 0 radical (unpaired) electrons. The Balaban J connectivity index is 1.47. The van der Waals surface area contributed by atoms with Gasteiger partial charge in [0.2, 0.25) is 5.91 Å². The van der Waals surface area contributed by atoms with Gasteiger partial charge in [-0.2, -0.15) is 0 Å². The smallest absolute Gasteiger partial charge is 0.241 e. The third-order valence-corrected chi connectivity index (χ3v) is 6.00. The van der Waals surface area contributed by atoms with Gasteiger partial charge in [0.25, 0.3) is 0 Å². The summed E-state index contributed by atoms with van der Waals surface area (Å²) in [5.41, 5.74) is 3.64. The Morgan fingerprint density at radius 2 is 2.20 bits per heavy atom. The number of rotatable bonds is 3. The van der Waals surface area contributed by atoms with E-state index in [-0.39, 0.29) is 24.7 Å². The molecule has 25 heavy (non-hydrogen) atoms. The van der Waals surface area contributed by atoms with E-state index in [1.54, 1.807) is 0 Å². The molecule has 1 aromatic carbocycles. The van der Waals surface area contributed by atoms with Crippen molar-refractivity contribution in [2.75, 3.05) is 37.7 Å². The van der Waals surface area contributed by atoms with Gasteiger partial charge in [0.05, 0.1) is 19.3 Å². The quantitative estimate of drug-likeness (QED) is 0.908. The van der Waals surface area contributed by atoms with Crippen LogP contribution >= 0.6 is 0 Å². The van der Waals surface area contributed by atoms with Crippen molar-refractivity contribution in [1.82, 2.24) is 4.90 Å². The first-order chi connectivity index (χ1) is 12.2. The molecule has 3 atom stereocenters. The number of fused-ring (bicyclic) bond motifs is 2. The lowest BCUT2D eigenvalue weighted by molar-refractivity contribution is -0.123. The lowest BCUT2D eigenvalue weighted by Gasteiger charge is -2.39. The van der Waals surface area contributed by atoms with Crippen molar-refractivity contribution >= 4 is 11.6 Å². The number of amides is 1. The van der Waals surface area contributed by atoms with Gasteiger partial charge in [-0.3, -0.25) is 9.69 Å². The van der Waals surface area contributed by atoms with E-state index >= 15 is 0 Å². The Bertz CT molecular complexity index is 648. The molecule has 0 aromatic heterocycles. The molecule has 1 aromatic rings. The van der Waals surface area contributed by atoms with Crippen LogP contribution in [0.5, 0.6) is 0 Å². The Morgan fingerprint density at radius 1 is 1.32 bits per heavy atom. The zero-order valence-electron chi connectivity index (χ0n) is 15.0. The first-order valence-corrected chi connectivity index (χ1v) is 9.52. The Morgan fingerprint density at radius 3 is 3.04 bits per heavy atom. The molecule has 5 heteroatoms. The summed E-state index contributed by atoms with van der Waals surface area (Å²) in [6.45, 7) is 5.08. The number of hydrogen-bond acceptors (Lipinski definition) is 4. The van der Waals surface area contributed by atoms with Gasteiger partial charge in [-0.25, -0.2) is 0 Å². The molecule has 136 valence electrons. The number of morpholine rings is 1. The predicted molar refractivity (Wildman–Crippen MR) is 96.8 cm³/mol. The standard InChI is InChI=1S/C20H28N2O3/c1-14-4-5-17-16(9-14)3-2-6-22(17)20(24)12-21-7-8-25-19-11-15(13-23)10-18(19)21/h4-5,9,15,18-19,23H,2-3,6-8,10-13H2,1H3/t15-,18+,19+/m1/s1. The van der Waals surface area contributed by atoms with Gasteiger partial charge in [-0.1, -0.05) is 17.7 Å². The molecule has 4 rings (SSSR count). The zero-order chi connectivity index (χ0) is 17.4. The van der Waals surface area contributed by atoms with Crippen molar-refractivity contribution in [1.29, 1.82) is 0 Å². The summed E-state index contributed by atoms with van der Waals surface area (Å²) in [5.74, 6) is 0.502. The third-order valence-electron chi connectivity index (χ3n) is 6.00. The van der Waals surface area contributed by atoms with Gasteiger partial charge >= 0.3 is 0 Å². The predicted octanol–water partition coefficient (Wildman–Crippen LogP) is 1.75. The van der Waals surface area contributed by atoms with Gasteiger partial charge in [0.15, 0.2) is 0 Å². The zero-order valence-corrected chi connectivity index (χ0v) is 15.0. The topological polar surface area (TPSA) is 53.0 Å². The van der Waals surface area contributed by atoms with Crippen LogP contribution in [0.25, 0.3) is 0 Å². The monoisotopic (exact) mass is 344 g/mol. The Kier molecular flexibility index (Phi) is 4.80. The number of benzene rings is 1. The van der Waals surface area contributed by atoms with Crippen molar-refractivity contribution in [2.45, 2.75) is 44.8 Å². The van der Waals surface area contributed by atoms with E-state index in [2.05, 4.69) is 30.0 Å². The van der Waals surface area contributed by atoms with E-state index in [4.69, 9.17) is 4.74 Å².